The lowest BCUT2D eigenvalue weighted by Crippen LogP contribution is -2.40. The molecule has 0 unspecified atom stereocenters. The van der Waals surface area contributed by atoms with Crippen LogP contribution in [0.3, 0.4) is 0 Å². The number of carbonyl (C=O) groups is 1. The van der Waals surface area contributed by atoms with E-state index in [4.69, 9.17) is 0 Å². The predicted molar refractivity (Wildman–Crippen MR) is 108 cm³/mol. The molecule has 1 N–H and O–H groups in total. The Morgan fingerprint density at radius 1 is 1.04 bits per heavy atom. The molecule has 7 heteroatoms. The van der Waals surface area contributed by atoms with Crippen molar-refractivity contribution in [1.29, 1.82) is 0 Å². The molecule has 140 valence electrons. The molecule has 0 radical (unpaired) electrons. The zero-order valence-corrected chi connectivity index (χ0v) is 16.5. The summed E-state index contributed by atoms with van der Waals surface area (Å²) in [6.07, 6.45) is 0. The van der Waals surface area contributed by atoms with Crippen LogP contribution in [-0.4, -0.2) is 20.9 Å². The fourth-order valence-corrected chi connectivity index (χ4v) is 4.77. The van der Waals surface area contributed by atoms with E-state index >= 15 is 0 Å². The van der Waals surface area contributed by atoms with Crippen LogP contribution in [0.1, 0.15) is 10.4 Å². The van der Waals surface area contributed by atoms with Crippen LogP contribution in [0.15, 0.2) is 77.0 Å². The van der Waals surface area contributed by atoms with Gasteiger partial charge in [0.2, 0.25) is 5.91 Å². The predicted octanol–water partition coefficient (Wildman–Crippen LogP) is 3.57. The molecule has 1 heterocycles. The van der Waals surface area contributed by atoms with Gasteiger partial charge in [0.25, 0.3) is 10.0 Å². The lowest BCUT2D eigenvalue weighted by molar-refractivity contribution is -0.119. The summed E-state index contributed by atoms with van der Waals surface area (Å²) in [7, 11) is -3.87. The molecule has 0 saturated carbocycles. The minimum Gasteiger partial charge on any atom is -0.350 e. The van der Waals surface area contributed by atoms with Gasteiger partial charge in [-0.25, -0.2) is 8.42 Å². The SMILES string of the molecule is Cc1cccc(S(=O)(=O)N(CC(=O)NCc2cccs2)c2ccccc2)c1. The second-order valence-electron chi connectivity index (χ2n) is 6.02. The van der Waals surface area contributed by atoms with Crippen LogP contribution in [0, 0.1) is 6.92 Å². The first-order valence-corrected chi connectivity index (χ1v) is 10.7. The van der Waals surface area contributed by atoms with E-state index in [0.717, 1.165) is 14.7 Å². The fourth-order valence-electron chi connectivity index (χ4n) is 2.60. The molecular weight excluding hydrogens is 380 g/mol. The molecule has 5 nitrogen and oxygen atoms in total. The number of para-hydroxylation sites is 1. The first-order valence-electron chi connectivity index (χ1n) is 8.40. The molecule has 0 aliphatic heterocycles. The monoisotopic (exact) mass is 400 g/mol. The number of carbonyl (C=O) groups excluding carboxylic acids is 1. The van der Waals surface area contributed by atoms with E-state index in [1.165, 1.54) is 11.3 Å². The summed E-state index contributed by atoms with van der Waals surface area (Å²) in [5, 5.41) is 4.72. The highest BCUT2D eigenvalue weighted by Gasteiger charge is 2.27. The van der Waals surface area contributed by atoms with Crippen LogP contribution >= 0.6 is 11.3 Å². The second-order valence-corrected chi connectivity index (χ2v) is 8.91. The van der Waals surface area contributed by atoms with Crippen LogP contribution in [0.4, 0.5) is 5.69 Å². The lowest BCUT2D eigenvalue weighted by atomic mass is 10.2. The van der Waals surface area contributed by atoms with Gasteiger partial charge >= 0.3 is 0 Å². The first kappa shape index (κ1) is 19.1. The average molecular weight is 401 g/mol. The Labute approximate surface area is 163 Å². The van der Waals surface area contributed by atoms with Crippen molar-refractivity contribution in [3.63, 3.8) is 0 Å². The zero-order chi connectivity index (χ0) is 19.3. The van der Waals surface area contributed by atoms with Gasteiger partial charge in [0.1, 0.15) is 6.54 Å². The summed E-state index contributed by atoms with van der Waals surface area (Å²) in [6.45, 7) is 1.93. The molecule has 0 atom stereocenters. The molecule has 27 heavy (non-hydrogen) atoms. The highest BCUT2D eigenvalue weighted by Crippen LogP contribution is 2.23. The van der Waals surface area contributed by atoms with Crippen LogP contribution in [0.2, 0.25) is 0 Å². The number of aryl methyl sites for hydroxylation is 1. The molecule has 3 rings (SSSR count). The summed E-state index contributed by atoms with van der Waals surface area (Å²) in [6, 6.07) is 19.2. The molecule has 1 amide bonds. The van der Waals surface area contributed by atoms with Crippen LogP contribution in [-0.2, 0) is 21.4 Å². The molecule has 0 aliphatic carbocycles. The third-order valence-corrected chi connectivity index (χ3v) is 6.60. The van der Waals surface area contributed by atoms with Gasteiger partial charge in [-0.2, -0.15) is 0 Å². The number of thiophene rings is 1. The van der Waals surface area contributed by atoms with Crippen molar-refractivity contribution in [2.75, 3.05) is 10.8 Å². The van der Waals surface area contributed by atoms with Crippen molar-refractivity contribution >= 4 is 33.0 Å². The molecule has 0 fully saturated rings. The number of nitrogens with zero attached hydrogens (tertiary/aromatic N) is 1. The smallest absolute Gasteiger partial charge is 0.264 e. The minimum atomic E-state index is -3.87. The quantitative estimate of drug-likeness (QED) is 0.659. The van der Waals surface area contributed by atoms with E-state index in [1.54, 1.807) is 48.5 Å². The summed E-state index contributed by atoms with van der Waals surface area (Å²) in [5.41, 5.74) is 1.29. The molecule has 0 bridgehead atoms. The maximum Gasteiger partial charge on any atom is 0.264 e. The summed E-state index contributed by atoms with van der Waals surface area (Å²) >= 11 is 1.54. The fraction of sp³-hybridized carbons (Fsp3) is 0.150. The maximum atomic E-state index is 13.2. The van der Waals surface area contributed by atoms with Gasteiger partial charge < -0.3 is 5.32 Å². The lowest BCUT2D eigenvalue weighted by Gasteiger charge is -2.24. The highest BCUT2D eigenvalue weighted by atomic mass is 32.2. The number of benzene rings is 2. The number of rotatable bonds is 7. The Morgan fingerprint density at radius 2 is 1.81 bits per heavy atom. The van der Waals surface area contributed by atoms with Gasteiger partial charge in [-0.15, -0.1) is 11.3 Å². The van der Waals surface area contributed by atoms with E-state index in [0.29, 0.717) is 12.2 Å². The number of nitrogens with one attached hydrogen (secondary N) is 1. The molecule has 2 aromatic carbocycles. The van der Waals surface area contributed by atoms with Crippen molar-refractivity contribution in [2.45, 2.75) is 18.4 Å². The van der Waals surface area contributed by atoms with Gasteiger partial charge in [0, 0.05) is 4.88 Å². The van der Waals surface area contributed by atoms with E-state index in [1.807, 2.05) is 30.5 Å². The van der Waals surface area contributed by atoms with Crippen molar-refractivity contribution < 1.29 is 13.2 Å². The van der Waals surface area contributed by atoms with Crippen LogP contribution in [0.25, 0.3) is 0 Å². The number of anilines is 1. The van der Waals surface area contributed by atoms with Crippen molar-refractivity contribution in [2.24, 2.45) is 0 Å². The average Bonchev–Trinajstić information content (AvgIpc) is 3.19. The Hall–Kier alpha value is -2.64. The van der Waals surface area contributed by atoms with Gasteiger partial charge in [0.15, 0.2) is 0 Å². The van der Waals surface area contributed by atoms with Gasteiger partial charge in [0.05, 0.1) is 17.1 Å². The van der Waals surface area contributed by atoms with E-state index in [-0.39, 0.29) is 17.3 Å². The largest absolute Gasteiger partial charge is 0.350 e. The number of sulfonamides is 1. The summed E-state index contributed by atoms with van der Waals surface area (Å²) in [5.74, 6) is -0.358. The topological polar surface area (TPSA) is 66.5 Å². The molecule has 3 aromatic rings. The first-order chi connectivity index (χ1) is 13.0. The molecule has 0 aliphatic rings. The molecule has 0 spiro atoms. The van der Waals surface area contributed by atoms with E-state index in [9.17, 15) is 13.2 Å². The van der Waals surface area contributed by atoms with Gasteiger partial charge in [-0.05, 0) is 48.2 Å². The van der Waals surface area contributed by atoms with E-state index < -0.39 is 10.0 Å². The molecule has 0 saturated heterocycles. The number of amides is 1. The van der Waals surface area contributed by atoms with Crippen LogP contribution in [0.5, 0.6) is 0 Å². The maximum absolute atomic E-state index is 13.2. The summed E-state index contributed by atoms with van der Waals surface area (Å²) in [4.78, 5) is 13.6. The Morgan fingerprint density at radius 3 is 2.48 bits per heavy atom. The second kappa shape index (κ2) is 8.37. The molecule has 1 aromatic heterocycles. The number of hydrogen-bond donors (Lipinski definition) is 1. The normalized spacial score (nSPS) is 11.1. The third-order valence-electron chi connectivity index (χ3n) is 3.95. The Bertz CT molecular complexity index is 1000. The van der Waals surface area contributed by atoms with E-state index in [2.05, 4.69) is 5.32 Å². The Kier molecular flexibility index (Phi) is 5.93. The molecular formula is C20H20N2O3S2. The minimum absolute atomic E-state index is 0.164. The van der Waals surface area contributed by atoms with Gasteiger partial charge in [-0.1, -0.05) is 36.4 Å². The van der Waals surface area contributed by atoms with Crippen molar-refractivity contribution in [3.8, 4) is 0 Å². The zero-order valence-electron chi connectivity index (χ0n) is 14.8. The standard InChI is InChI=1S/C20H20N2O3S2/c1-16-7-5-11-19(13-16)27(24,25)22(17-8-3-2-4-9-17)15-20(23)21-14-18-10-6-12-26-18/h2-13H,14-15H2,1H3,(H,21,23). The van der Waals surface area contributed by atoms with Gasteiger partial charge in [-0.3, -0.25) is 9.10 Å². The Balaban J connectivity index is 1.86. The summed E-state index contributed by atoms with van der Waals surface area (Å²) < 4.78 is 27.5. The highest BCUT2D eigenvalue weighted by molar-refractivity contribution is 7.92. The number of hydrogen-bond acceptors (Lipinski definition) is 4. The third kappa shape index (κ3) is 4.75. The van der Waals surface area contributed by atoms with Crippen molar-refractivity contribution in [1.82, 2.24) is 5.32 Å². The van der Waals surface area contributed by atoms with Crippen molar-refractivity contribution in [3.05, 3.63) is 82.6 Å². The van der Waals surface area contributed by atoms with Crippen LogP contribution < -0.4 is 9.62 Å².